The second kappa shape index (κ2) is 7.02. The van der Waals surface area contributed by atoms with Gasteiger partial charge in [-0.1, -0.05) is 31.3 Å². The molecule has 20 heavy (non-hydrogen) atoms. The molecule has 0 bridgehead atoms. The Hall–Kier alpha value is -1.17. The van der Waals surface area contributed by atoms with Crippen LogP contribution < -0.4 is 10.5 Å². The number of aliphatic hydroxyl groups is 1. The molecule has 3 N–H and O–H groups in total. The van der Waals surface area contributed by atoms with Gasteiger partial charge in [0.15, 0.2) is 0 Å². The van der Waals surface area contributed by atoms with Crippen molar-refractivity contribution in [2.45, 2.75) is 19.4 Å². The van der Waals surface area contributed by atoms with E-state index in [1.54, 1.807) is 0 Å². The molecule has 2 rings (SSSR count). The van der Waals surface area contributed by atoms with Crippen molar-refractivity contribution >= 4 is 17.2 Å². The van der Waals surface area contributed by atoms with Gasteiger partial charge in [-0.15, -0.1) is 0 Å². The molecule has 0 spiro atoms. The number of nitrogens with two attached hydrogens (primary N) is 1. The minimum Gasteiger partial charge on any atom is -0.492 e. The van der Waals surface area contributed by atoms with E-state index in [-0.39, 0.29) is 6.10 Å². The summed E-state index contributed by atoms with van der Waals surface area (Å²) in [7, 11) is 0. The van der Waals surface area contributed by atoms with Gasteiger partial charge in [0.2, 0.25) is 0 Å². The first-order chi connectivity index (χ1) is 9.56. The SMILES string of the molecule is CC1CN(CCOc2cccc(C(N)=S)c2)CCC1O. The summed E-state index contributed by atoms with van der Waals surface area (Å²) in [5.74, 6) is 1.13. The predicted octanol–water partition coefficient (Wildman–Crippen LogP) is 1.40. The maximum atomic E-state index is 9.70. The number of nitrogens with zero attached hydrogens (tertiary/aromatic N) is 1. The minimum absolute atomic E-state index is 0.158. The molecule has 0 aromatic heterocycles. The molecule has 0 aliphatic carbocycles. The molecule has 0 amide bonds. The number of likely N-dealkylation sites (tertiary alicyclic amines) is 1. The zero-order valence-corrected chi connectivity index (χ0v) is 12.6. The lowest BCUT2D eigenvalue weighted by Crippen LogP contribution is -2.43. The molecule has 1 aromatic carbocycles. The Kier molecular flexibility index (Phi) is 5.34. The van der Waals surface area contributed by atoms with E-state index < -0.39 is 0 Å². The number of piperidine rings is 1. The minimum atomic E-state index is -0.158. The zero-order valence-electron chi connectivity index (χ0n) is 11.8. The second-order valence-electron chi connectivity index (χ2n) is 5.37. The summed E-state index contributed by atoms with van der Waals surface area (Å²) in [5.41, 5.74) is 6.43. The van der Waals surface area contributed by atoms with E-state index in [1.807, 2.05) is 24.3 Å². The molecule has 5 heteroatoms. The van der Waals surface area contributed by atoms with Crippen LogP contribution in [-0.2, 0) is 0 Å². The molecule has 1 aromatic rings. The van der Waals surface area contributed by atoms with Gasteiger partial charge < -0.3 is 15.6 Å². The fourth-order valence-electron chi connectivity index (χ4n) is 2.45. The summed E-state index contributed by atoms with van der Waals surface area (Å²) < 4.78 is 5.74. The number of thiocarbonyl (C=S) groups is 1. The van der Waals surface area contributed by atoms with E-state index in [4.69, 9.17) is 22.7 Å². The summed E-state index contributed by atoms with van der Waals surface area (Å²) in [6, 6.07) is 7.54. The number of hydrogen-bond donors (Lipinski definition) is 2. The van der Waals surface area contributed by atoms with Crippen LogP contribution in [0.15, 0.2) is 24.3 Å². The largest absolute Gasteiger partial charge is 0.492 e. The Morgan fingerprint density at radius 2 is 2.35 bits per heavy atom. The van der Waals surface area contributed by atoms with Crippen molar-refractivity contribution in [1.82, 2.24) is 4.90 Å². The van der Waals surface area contributed by atoms with Crippen LogP contribution >= 0.6 is 12.2 Å². The molecule has 110 valence electrons. The highest BCUT2D eigenvalue weighted by molar-refractivity contribution is 7.80. The highest BCUT2D eigenvalue weighted by Gasteiger charge is 2.23. The topological polar surface area (TPSA) is 58.7 Å². The van der Waals surface area contributed by atoms with Crippen LogP contribution in [0.1, 0.15) is 18.9 Å². The molecule has 1 saturated heterocycles. The van der Waals surface area contributed by atoms with Crippen LogP contribution in [0.5, 0.6) is 5.75 Å². The van der Waals surface area contributed by atoms with Gasteiger partial charge in [0.05, 0.1) is 6.10 Å². The quantitative estimate of drug-likeness (QED) is 0.804. The molecule has 1 fully saturated rings. The van der Waals surface area contributed by atoms with Gasteiger partial charge in [0.1, 0.15) is 17.3 Å². The van der Waals surface area contributed by atoms with Crippen LogP contribution in [0.25, 0.3) is 0 Å². The van der Waals surface area contributed by atoms with Gasteiger partial charge in [-0.2, -0.15) is 0 Å². The van der Waals surface area contributed by atoms with E-state index >= 15 is 0 Å². The lowest BCUT2D eigenvalue weighted by atomic mass is 9.97. The van der Waals surface area contributed by atoms with Crippen LogP contribution in [-0.4, -0.2) is 47.3 Å². The summed E-state index contributed by atoms with van der Waals surface area (Å²) in [4.78, 5) is 2.71. The number of ether oxygens (including phenoxy) is 1. The van der Waals surface area contributed by atoms with Crippen molar-refractivity contribution in [3.05, 3.63) is 29.8 Å². The molecule has 1 aliphatic heterocycles. The number of hydrogen-bond acceptors (Lipinski definition) is 4. The third-order valence-electron chi connectivity index (χ3n) is 3.74. The second-order valence-corrected chi connectivity index (χ2v) is 5.81. The number of aliphatic hydroxyl groups excluding tert-OH is 1. The molecule has 0 saturated carbocycles. The molecule has 2 atom stereocenters. The Morgan fingerprint density at radius 1 is 1.55 bits per heavy atom. The summed E-state index contributed by atoms with van der Waals surface area (Å²) in [5, 5.41) is 9.70. The van der Waals surface area contributed by atoms with E-state index in [0.717, 1.165) is 37.4 Å². The summed E-state index contributed by atoms with van der Waals surface area (Å²) in [6.07, 6.45) is 0.687. The first-order valence-electron chi connectivity index (χ1n) is 6.99. The van der Waals surface area contributed by atoms with Gasteiger partial charge in [-0.05, 0) is 24.5 Å². The van der Waals surface area contributed by atoms with Gasteiger partial charge in [-0.25, -0.2) is 0 Å². The summed E-state index contributed by atoms with van der Waals surface area (Å²) in [6.45, 7) is 5.44. The van der Waals surface area contributed by atoms with Gasteiger partial charge >= 0.3 is 0 Å². The summed E-state index contributed by atoms with van der Waals surface area (Å²) >= 11 is 4.95. The third-order valence-corrected chi connectivity index (χ3v) is 3.97. The van der Waals surface area contributed by atoms with E-state index in [1.165, 1.54) is 0 Å². The van der Waals surface area contributed by atoms with Crippen molar-refractivity contribution in [1.29, 1.82) is 0 Å². The van der Waals surface area contributed by atoms with E-state index in [2.05, 4.69) is 11.8 Å². The highest BCUT2D eigenvalue weighted by Crippen LogP contribution is 2.17. The Morgan fingerprint density at radius 3 is 3.05 bits per heavy atom. The van der Waals surface area contributed by atoms with E-state index in [0.29, 0.717) is 17.5 Å². The lowest BCUT2D eigenvalue weighted by Gasteiger charge is -2.34. The van der Waals surface area contributed by atoms with E-state index in [9.17, 15) is 5.11 Å². The number of rotatable bonds is 5. The van der Waals surface area contributed by atoms with Crippen molar-refractivity contribution in [2.75, 3.05) is 26.2 Å². The standard InChI is InChI=1S/C15H22N2O2S/c1-11-10-17(6-5-14(11)18)7-8-19-13-4-2-3-12(9-13)15(16)20/h2-4,9,11,14,18H,5-8,10H2,1H3,(H2,16,20). The van der Waals surface area contributed by atoms with Crippen LogP contribution in [0, 0.1) is 5.92 Å². The molecule has 1 aliphatic rings. The Balaban J connectivity index is 1.78. The van der Waals surface area contributed by atoms with Crippen LogP contribution in [0.3, 0.4) is 0 Å². The Bertz CT molecular complexity index is 467. The van der Waals surface area contributed by atoms with Crippen LogP contribution in [0.4, 0.5) is 0 Å². The smallest absolute Gasteiger partial charge is 0.120 e. The molecular weight excluding hydrogens is 272 g/mol. The highest BCUT2D eigenvalue weighted by atomic mass is 32.1. The number of benzene rings is 1. The lowest BCUT2D eigenvalue weighted by molar-refractivity contribution is 0.0304. The van der Waals surface area contributed by atoms with Gasteiger partial charge in [0.25, 0.3) is 0 Å². The maximum Gasteiger partial charge on any atom is 0.120 e. The zero-order chi connectivity index (χ0) is 14.5. The van der Waals surface area contributed by atoms with Crippen molar-refractivity contribution < 1.29 is 9.84 Å². The fourth-order valence-corrected chi connectivity index (χ4v) is 2.58. The monoisotopic (exact) mass is 294 g/mol. The van der Waals surface area contributed by atoms with Crippen molar-refractivity contribution in [2.24, 2.45) is 11.7 Å². The molecule has 1 heterocycles. The van der Waals surface area contributed by atoms with Gasteiger partial charge in [0, 0.05) is 25.2 Å². The average Bonchev–Trinajstić information content (AvgIpc) is 2.43. The normalized spacial score (nSPS) is 23.5. The van der Waals surface area contributed by atoms with Crippen molar-refractivity contribution in [3.8, 4) is 5.75 Å². The predicted molar refractivity (Wildman–Crippen MR) is 84.1 cm³/mol. The molecule has 0 radical (unpaired) electrons. The fraction of sp³-hybridized carbons (Fsp3) is 0.533. The first-order valence-corrected chi connectivity index (χ1v) is 7.40. The molecular formula is C15H22N2O2S. The maximum absolute atomic E-state index is 9.70. The van der Waals surface area contributed by atoms with Crippen LogP contribution in [0.2, 0.25) is 0 Å². The third kappa shape index (κ3) is 4.16. The first kappa shape index (κ1) is 15.2. The van der Waals surface area contributed by atoms with Gasteiger partial charge in [-0.3, -0.25) is 4.90 Å². The average molecular weight is 294 g/mol. The Labute approximate surface area is 125 Å². The molecule has 2 unspecified atom stereocenters. The molecule has 4 nitrogen and oxygen atoms in total. The van der Waals surface area contributed by atoms with Crippen molar-refractivity contribution in [3.63, 3.8) is 0 Å².